The summed E-state index contributed by atoms with van der Waals surface area (Å²) in [6.45, 7) is 4.39. The average Bonchev–Trinajstić information content (AvgIpc) is 3.03. The molecule has 1 N–H and O–H groups in total. The molecule has 1 aliphatic carbocycles. The molecule has 2 aliphatic rings. The molecule has 1 saturated heterocycles. The Morgan fingerprint density at radius 1 is 1.17 bits per heavy atom. The summed E-state index contributed by atoms with van der Waals surface area (Å²) < 4.78 is 2.20. The number of hydrogen-bond acceptors (Lipinski definition) is 3. The molecule has 0 saturated carbocycles. The van der Waals surface area contributed by atoms with Crippen LogP contribution in [0.5, 0.6) is 0 Å². The molecule has 3 nitrogen and oxygen atoms in total. The number of rotatable bonds is 3. The molecule has 0 radical (unpaired) electrons. The summed E-state index contributed by atoms with van der Waals surface area (Å²) in [5.74, 6) is 2.61. The Balaban J connectivity index is 1.63. The second-order valence-corrected chi connectivity index (χ2v) is 8.40. The van der Waals surface area contributed by atoms with Crippen LogP contribution in [0.3, 0.4) is 0 Å². The minimum absolute atomic E-state index is 0.487. The summed E-state index contributed by atoms with van der Waals surface area (Å²) in [6.07, 6.45) is 8.37. The lowest BCUT2D eigenvalue weighted by Gasteiger charge is -2.31. The van der Waals surface area contributed by atoms with Crippen molar-refractivity contribution in [1.82, 2.24) is 15.1 Å². The van der Waals surface area contributed by atoms with Crippen LogP contribution in [0, 0.1) is 13.8 Å². The first kappa shape index (κ1) is 16.2. The van der Waals surface area contributed by atoms with Crippen LogP contribution in [-0.2, 0) is 6.42 Å². The molecule has 0 unspecified atom stereocenters. The molecule has 1 atom stereocenters. The molecule has 1 aliphatic heterocycles. The highest BCUT2D eigenvalue weighted by Crippen LogP contribution is 2.33. The van der Waals surface area contributed by atoms with E-state index in [0.717, 1.165) is 6.42 Å². The fourth-order valence-electron chi connectivity index (χ4n) is 4.05. The topological polar surface area (TPSA) is 29.9 Å². The first-order valence-corrected chi connectivity index (χ1v) is 10.4. The van der Waals surface area contributed by atoms with Crippen molar-refractivity contribution >= 4 is 11.8 Å². The number of aryl methyl sites for hydroxylation is 1. The third kappa shape index (κ3) is 3.02. The van der Waals surface area contributed by atoms with Crippen LogP contribution in [0.2, 0.25) is 0 Å². The van der Waals surface area contributed by atoms with Gasteiger partial charge in [0.25, 0.3) is 0 Å². The first-order valence-electron chi connectivity index (χ1n) is 9.21. The zero-order chi connectivity index (χ0) is 16.5. The van der Waals surface area contributed by atoms with Crippen molar-refractivity contribution < 1.29 is 0 Å². The van der Waals surface area contributed by atoms with Gasteiger partial charge in [-0.25, -0.2) is 4.68 Å². The average molecular weight is 342 g/mol. The Kier molecular flexibility index (Phi) is 4.68. The monoisotopic (exact) mass is 341 g/mol. The highest BCUT2D eigenvalue weighted by atomic mass is 32.2. The smallest absolute Gasteiger partial charge is 0.0680 e. The standard InChI is InChI=1S/C20H27N3S/c1-14-5-3-7-19(15(14)2)23-20-8-4-6-18(17(20)13-21-23)22-16-9-11-24-12-10-16/h3,5,7,13,16,18,22H,4,6,8-12H2,1-2H3/t18-/m0/s1. The molecule has 1 aromatic heterocycles. The minimum atomic E-state index is 0.487. The predicted octanol–water partition coefficient (Wildman–Crippen LogP) is 4.35. The van der Waals surface area contributed by atoms with Crippen LogP contribution in [0.1, 0.15) is 54.1 Å². The van der Waals surface area contributed by atoms with Gasteiger partial charge in [-0.1, -0.05) is 12.1 Å². The maximum atomic E-state index is 4.79. The lowest BCUT2D eigenvalue weighted by Crippen LogP contribution is -2.37. The van der Waals surface area contributed by atoms with Crippen molar-refractivity contribution in [3.63, 3.8) is 0 Å². The highest BCUT2D eigenvalue weighted by molar-refractivity contribution is 7.99. The van der Waals surface area contributed by atoms with E-state index in [0.29, 0.717) is 12.1 Å². The molecule has 2 aromatic rings. The van der Waals surface area contributed by atoms with Gasteiger partial charge in [-0.2, -0.15) is 16.9 Å². The van der Waals surface area contributed by atoms with Crippen LogP contribution in [0.25, 0.3) is 5.69 Å². The molecule has 128 valence electrons. The molecular weight excluding hydrogens is 314 g/mol. The molecule has 24 heavy (non-hydrogen) atoms. The SMILES string of the molecule is Cc1cccc(-n2ncc3c2CCC[C@@H]3NC2CCSCC2)c1C. The molecule has 0 spiro atoms. The molecule has 0 amide bonds. The van der Waals surface area contributed by atoms with Gasteiger partial charge in [0.1, 0.15) is 0 Å². The molecule has 1 fully saturated rings. The number of thioether (sulfide) groups is 1. The predicted molar refractivity (Wildman–Crippen MR) is 102 cm³/mol. The van der Waals surface area contributed by atoms with Gasteiger partial charge in [0.2, 0.25) is 0 Å². The molecular formula is C20H27N3S. The minimum Gasteiger partial charge on any atom is -0.307 e. The van der Waals surface area contributed by atoms with E-state index in [1.807, 2.05) is 0 Å². The molecule has 1 aromatic carbocycles. The van der Waals surface area contributed by atoms with E-state index in [2.05, 4.69) is 60.0 Å². The Bertz CT molecular complexity index is 716. The van der Waals surface area contributed by atoms with E-state index in [4.69, 9.17) is 5.10 Å². The van der Waals surface area contributed by atoms with E-state index in [1.165, 1.54) is 65.3 Å². The fourth-order valence-corrected chi connectivity index (χ4v) is 5.16. The van der Waals surface area contributed by atoms with E-state index in [1.54, 1.807) is 0 Å². The fraction of sp³-hybridized carbons (Fsp3) is 0.550. The summed E-state index contributed by atoms with van der Waals surface area (Å²) in [5, 5.41) is 8.72. The molecule has 4 heteroatoms. The zero-order valence-electron chi connectivity index (χ0n) is 14.7. The number of aromatic nitrogens is 2. The maximum Gasteiger partial charge on any atom is 0.0680 e. The zero-order valence-corrected chi connectivity index (χ0v) is 15.5. The normalized spacial score (nSPS) is 21.7. The number of nitrogens with one attached hydrogen (secondary N) is 1. The van der Waals surface area contributed by atoms with Gasteiger partial charge in [-0.3, -0.25) is 0 Å². The van der Waals surface area contributed by atoms with Gasteiger partial charge in [-0.05, 0) is 74.7 Å². The Labute approximate surface area is 149 Å². The van der Waals surface area contributed by atoms with Gasteiger partial charge in [0.15, 0.2) is 0 Å². The lowest BCUT2D eigenvalue weighted by atomic mass is 9.91. The van der Waals surface area contributed by atoms with E-state index >= 15 is 0 Å². The highest BCUT2D eigenvalue weighted by Gasteiger charge is 2.27. The molecule has 0 bridgehead atoms. The van der Waals surface area contributed by atoms with Crippen LogP contribution >= 0.6 is 11.8 Å². The van der Waals surface area contributed by atoms with Gasteiger partial charge in [0.05, 0.1) is 11.9 Å². The van der Waals surface area contributed by atoms with Crippen molar-refractivity contribution in [3.05, 3.63) is 46.8 Å². The summed E-state index contributed by atoms with van der Waals surface area (Å²) in [5.41, 5.74) is 6.76. The molecule has 2 heterocycles. The van der Waals surface area contributed by atoms with Crippen LogP contribution in [0.15, 0.2) is 24.4 Å². The van der Waals surface area contributed by atoms with Crippen molar-refractivity contribution in [3.8, 4) is 5.69 Å². The number of benzene rings is 1. The lowest BCUT2D eigenvalue weighted by molar-refractivity contribution is 0.377. The Morgan fingerprint density at radius 2 is 2.00 bits per heavy atom. The second-order valence-electron chi connectivity index (χ2n) is 7.18. The van der Waals surface area contributed by atoms with Crippen LogP contribution in [-0.4, -0.2) is 27.3 Å². The quantitative estimate of drug-likeness (QED) is 0.900. The van der Waals surface area contributed by atoms with Gasteiger partial charge in [0, 0.05) is 23.3 Å². The van der Waals surface area contributed by atoms with E-state index in [9.17, 15) is 0 Å². The second kappa shape index (κ2) is 6.93. The summed E-state index contributed by atoms with van der Waals surface area (Å²) in [7, 11) is 0. The van der Waals surface area contributed by atoms with Gasteiger partial charge < -0.3 is 5.32 Å². The maximum absolute atomic E-state index is 4.79. The van der Waals surface area contributed by atoms with Gasteiger partial charge >= 0.3 is 0 Å². The Hall–Kier alpha value is -1.26. The Morgan fingerprint density at radius 3 is 2.83 bits per heavy atom. The number of nitrogens with zero attached hydrogens (tertiary/aromatic N) is 2. The third-order valence-electron chi connectivity index (χ3n) is 5.65. The summed E-state index contributed by atoms with van der Waals surface area (Å²) in [6, 6.07) is 7.70. The van der Waals surface area contributed by atoms with Crippen LogP contribution < -0.4 is 5.32 Å². The van der Waals surface area contributed by atoms with E-state index < -0.39 is 0 Å². The van der Waals surface area contributed by atoms with Gasteiger partial charge in [-0.15, -0.1) is 0 Å². The van der Waals surface area contributed by atoms with Crippen molar-refractivity contribution in [2.24, 2.45) is 0 Å². The van der Waals surface area contributed by atoms with Crippen molar-refractivity contribution in [2.75, 3.05) is 11.5 Å². The molecule has 4 rings (SSSR count). The van der Waals surface area contributed by atoms with Crippen molar-refractivity contribution in [1.29, 1.82) is 0 Å². The third-order valence-corrected chi connectivity index (χ3v) is 6.69. The largest absolute Gasteiger partial charge is 0.307 e. The number of fused-ring (bicyclic) bond motifs is 1. The number of hydrogen-bond donors (Lipinski definition) is 1. The first-order chi connectivity index (χ1) is 11.7. The van der Waals surface area contributed by atoms with Crippen molar-refractivity contribution in [2.45, 2.75) is 58.0 Å². The summed E-state index contributed by atoms with van der Waals surface area (Å²) in [4.78, 5) is 0. The summed E-state index contributed by atoms with van der Waals surface area (Å²) >= 11 is 2.09. The van der Waals surface area contributed by atoms with E-state index in [-0.39, 0.29) is 0 Å². The van der Waals surface area contributed by atoms with Crippen LogP contribution in [0.4, 0.5) is 0 Å².